The Morgan fingerprint density at radius 3 is 1.43 bits per heavy atom. The largest absolute Gasteiger partial charge is 0.481 e. The molecule has 0 heterocycles. The Morgan fingerprint density at radius 1 is 0.592 bits per heavy atom. The Morgan fingerprint density at radius 2 is 1.00 bits per heavy atom. The van der Waals surface area contributed by atoms with Crippen LogP contribution in [-0.4, -0.2) is 174 Å². The number of carboxylic acid groups (broad SMARTS) is 3. The van der Waals surface area contributed by atoms with Crippen molar-refractivity contribution < 1.29 is 86.6 Å². The van der Waals surface area contributed by atoms with E-state index in [1.54, 1.807) is 32.9 Å². The van der Waals surface area contributed by atoms with Crippen molar-refractivity contribution in [3.05, 3.63) is 29.8 Å². The van der Waals surface area contributed by atoms with Gasteiger partial charge in [-0.1, -0.05) is 31.5 Å². The van der Waals surface area contributed by atoms with Gasteiger partial charge in [-0.2, -0.15) is 0 Å². The van der Waals surface area contributed by atoms with E-state index >= 15 is 0 Å². The van der Waals surface area contributed by atoms with E-state index in [9.17, 15) is 76.8 Å². The number of hydrogen-bond donors (Lipinski definition) is 15. The Kier molecular flexibility index (Phi) is 29.0. The van der Waals surface area contributed by atoms with Gasteiger partial charge in [-0.25, -0.2) is 22.7 Å². The quantitative estimate of drug-likeness (QED) is 0.0185. The molecule has 1 rings (SSSR count). The number of carboxylic acids is 3. The van der Waals surface area contributed by atoms with Gasteiger partial charge in [0.05, 0.1) is 18.1 Å². The smallest absolute Gasteiger partial charge is 0.408 e. The van der Waals surface area contributed by atoms with Crippen LogP contribution in [0.2, 0.25) is 0 Å². The van der Waals surface area contributed by atoms with E-state index in [-0.39, 0.29) is 68.4 Å². The van der Waals surface area contributed by atoms with Crippen LogP contribution in [0.25, 0.3) is 0 Å². The number of amides is 7. The molecule has 0 aliphatic carbocycles. The van der Waals surface area contributed by atoms with E-state index in [1.165, 1.54) is 32.9 Å². The zero-order chi connectivity index (χ0) is 57.9. The highest BCUT2D eigenvalue weighted by atomic mass is 32.2. The zero-order valence-corrected chi connectivity index (χ0v) is 44.2. The lowest BCUT2D eigenvalue weighted by atomic mass is 10.0. The molecule has 7 atom stereocenters. The number of ether oxygens (including phenoxy) is 1. The lowest BCUT2D eigenvalue weighted by Crippen LogP contribution is -2.61. The molecular weight excluding hydrogens is 1030 g/mol. The maximum atomic E-state index is 14.0. The number of nitrogens with one attached hydrogen (secondary N) is 8. The number of nitrogens with two attached hydrogens (primary N) is 2. The van der Waals surface area contributed by atoms with E-state index in [1.807, 2.05) is 0 Å². The molecule has 428 valence electrons. The molecule has 0 radical (unpaired) electrons. The number of benzene rings is 1. The molecule has 0 saturated heterocycles. The first kappa shape index (κ1) is 66.8. The van der Waals surface area contributed by atoms with Crippen LogP contribution in [0.5, 0.6) is 0 Å². The van der Waals surface area contributed by atoms with Crippen molar-refractivity contribution in [2.75, 3.05) is 26.3 Å². The summed E-state index contributed by atoms with van der Waals surface area (Å²) in [5.41, 5.74) is 10.7. The molecular formula is C46H75N11O18S. The average Bonchev–Trinajstić information content (AvgIpc) is 3.31. The number of rotatable bonds is 35. The number of carbonyl (C=O) groups excluding carboxylic acids is 7. The number of aliphatic hydroxyl groups is 2. The third-order valence-electron chi connectivity index (χ3n) is 10.6. The fraction of sp³-hybridized carbons (Fsp3) is 0.630. The zero-order valence-electron chi connectivity index (χ0n) is 43.4. The van der Waals surface area contributed by atoms with Gasteiger partial charge in [-0.3, -0.25) is 43.3 Å². The summed E-state index contributed by atoms with van der Waals surface area (Å²) < 4.78 is 33.1. The van der Waals surface area contributed by atoms with Gasteiger partial charge < -0.3 is 79.0 Å². The molecule has 29 nitrogen and oxygen atoms in total. The average molecular weight is 1100 g/mol. The van der Waals surface area contributed by atoms with Crippen LogP contribution in [0.3, 0.4) is 0 Å². The van der Waals surface area contributed by atoms with Crippen molar-refractivity contribution in [2.24, 2.45) is 22.4 Å². The van der Waals surface area contributed by atoms with Gasteiger partial charge >= 0.3 is 24.0 Å². The van der Waals surface area contributed by atoms with Gasteiger partial charge in [-0.05, 0) is 97.1 Å². The number of aliphatic hydroxyl groups excluding tert-OH is 2. The van der Waals surface area contributed by atoms with Crippen LogP contribution in [0.4, 0.5) is 4.79 Å². The van der Waals surface area contributed by atoms with Gasteiger partial charge in [0.2, 0.25) is 45.5 Å². The Labute approximate surface area is 439 Å². The maximum Gasteiger partial charge on any atom is 0.408 e. The van der Waals surface area contributed by atoms with Crippen molar-refractivity contribution >= 4 is 75.4 Å². The Balaban J connectivity index is 3.41. The predicted octanol–water partition coefficient (Wildman–Crippen LogP) is -2.86. The summed E-state index contributed by atoms with van der Waals surface area (Å²) in [4.78, 5) is 133. The highest BCUT2D eigenvalue weighted by Gasteiger charge is 2.35. The molecule has 76 heavy (non-hydrogen) atoms. The van der Waals surface area contributed by atoms with Gasteiger partial charge in [0.25, 0.3) is 0 Å². The SMILES string of the molecule is Cc1ccc(S(=O)(=O)NCCCC[C@H](NC(=O)[C@H](CO)NC(=O)[C@H](CCCN=C(N)N)NC(=O)[C@H](CC(C)C)NC(=O)[C@H](CO)NC(=O)[C@H](CCC(=O)O)NC(=O)OC(C)(C)C)C(=O)N[C@@H](CCC(=O)O)C(=O)O)cc1. The van der Waals surface area contributed by atoms with Gasteiger partial charge in [0, 0.05) is 25.9 Å². The minimum Gasteiger partial charge on any atom is -0.481 e. The number of carbonyl (C=O) groups is 10. The fourth-order valence-corrected chi connectivity index (χ4v) is 7.83. The van der Waals surface area contributed by atoms with Crippen molar-refractivity contribution in [1.82, 2.24) is 41.9 Å². The molecule has 0 aliphatic heterocycles. The van der Waals surface area contributed by atoms with Crippen molar-refractivity contribution in [1.29, 1.82) is 0 Å². The molecule has 0 aliphatic rings. The van der Waals surface area contributed by atoms with Gasteiger partial charge in [-0.15, -0.1) is 0 Å². The second-order valence-electron chi connectivity index (χ2n) is 18.9. The first-order chi connectivity index (χ1) is 35.4. The third-order valence-corrected chi connectivity index (χ3v) is 12.1. The number of sulfonamides is 1. The maximum absolute atomic E-state index is 14.0. The number of unbranched alkanes of at least 4 members (excludes halogenated alkanes) is 1. The third kappa shape index (κ3) is 26.9. The molecule has 0 aromatic heterocycles. The highest BCUT2D eigenvalue weighted by molar-refractivity contribution is 7.89. The van der Waals surface area contributed by atoms with Crippen LogP contribution >= 0.6 is 0 Å². The van der Waals surface area contributed by atoms with Crippen LogP contribution in [0, 0.1) is 12.8 Å². The molecule has 0 saturated carbocycles. The van der Waals surface area contributed by atoms with Crippen LogP contribution in [0.1, 0.15) is 104 Å². The summed E-state index contributed by atoms with van der Waals surface area (Å²) in [5.74, 6) is -11.5. The predicted molar refractivity (Wildman–Crippen MR) is 270 cm³/mol. The topological polar surface area (TPSA) is 476 Å². The summed E-state index contributed by atoms with van der Waals surface area (Å²) >= 11 is 0. The van der Waals surface area contributed by atoms with Crippen LogP contribution < -0.4 is 53.4 Å². The molecule has 0 fully saturated rings. The van der Waals surface area contributed by atoms with Crippen molar-refractivity contribution in [3.8, 4) is 0 Å². The number of nitrogens with zero attached hydrogens (tertiary/aromatic N) is 1. The number of guanidine groups is 1. The molecule has 30 heteroatoms. The number of aryl methyl sites for hydroxylation is 1. The lowest BCUT2D eigenvalue weighted by Gasteiger charge is -2.28. The number of aliphatic imine (C=N–C) groups is 1. The highest BCUT2D eigenvalue weighted by Crippen LogP contribution is 2.13. The fourth-order valence-electron chi connectivity index (χ4n) is 6.76. The Bertz CT molecular complexity index is 2290. The van der Waals surface area contributed by atoms with Crippen LogP contribution in [-0.2, 0) is 57.9 Å². The van der Waals surface area contributed by atoms with E-state index in [0.29, 0.717) is 0 Å². The monoisotopic (exact) mass is 1100 g/mol. The number of alkyl carbamates (subject to hydrolysis) is 1. The second-order valence-corrected chi connectivity index (χ2v) is 20.7. The lowest BCUT2D eigenvalue weighted by molar-refractivity contribution is -0.143. The van der Waals surface area contributed by atoms with Crippen molar-refractivity contribution in [3.63, 3.8) is 0 Å². The van der Waals surface area contributed by atoms with Crippen molar-refractivity contribution in [2.45, 2.75) is 159 Å². The summed E-state index contributed by atoms with van der Waals surface area (Å²) in [6.45, 7) is 7.39. The summed E-state index contributed by atoms with van der Waals surface area (Å²) in [7, 11) is -3.94. The molecule has 0 bridgehead atoms. The number of hydrogen-bond acceptors (Lipinski definition) is 16. The first-order valence-electron chi connectivity index (χ1n) is 24.2. The Hall–Kier alpha value is -7.18. The van der Waals surface area contributed by atoms with E-state index < -0.39 is 156 Å². The summed E-state index contributed by atoms with van der Waals surface area (Å²) in [5, 5.41) is 64.6. The van der Waals surface area contributed by atoms with E-state index in [0.717, 1.165) is 5.56 Å². The molecule has 1 aromatic rings. The minimum absolute atomic E-state index is 0.00718. The molecule has 0 spiro atoms. The van der Waals surface area contributed by atoms with Crippen LogP contribution in [0.15, 0.2) is 34.2 Å². The molecule has 17 N–H and O–H groups in total. The molecule has 0 unspecified atom stereocenters. The van der Waals surface area contributed by atoms with E-state index in [4.69, 9.17) is 21.3 Å². The first-order valence-corrected chi connectivity index (χ1v) is 25.7. The van der Waals surface area contributed by atoms with Gasteiger partial charge in [0.15, 0.2) is 5.96 Å². The number of aliphatic carboxylic acids is 3. The minimum atomic E-state index is -3.94. The normalized spacial score (nSPS) is 14.2. The second kappa shape index (κ2) is 33.0. The standard InChI is InChI=1S/C46H75N11O18S/c1-25(2)22-32(54-42(69)34(24-59)56-39(66)30(16-18-35(60)61)57-45(72)75-46(4,5)6)40(67)51-29(11-9-20-49-44(47)48)38(65)55-33(23-58)41(68)52-28(37(64)53-31(43(70)71)17-19-36(62)63)10-7-8-21-50-76(73,74)27-14-12-26(3)13-15-27/h12-15,25,28-34,50,58-59H,7-11,16-24H2,1-6H3,(H,51,67)(H,52,68)(H,53,64)(H,54,69)(H,55,65)(H,56,66)(H,57,72)(H,60,61)(H,62,63)(H,70,71)(H4,47,48,49)/t28-,29-,30-,31-,32-,33-,34-/m0/s1. The molecule has 1 aromatic carbocycles. The van der Waals surface area contributed by atoms with E-state index in [2.05, 4.69) is 46.9 Å². The summed E-state index contributed by atoms with van der Waals surface area (Å²) in [6, 6.07) is -5.53. The van der Waals surface area contributed by atoms with Gasteiger partial charge in [0.1, 0.15) is 47.9 Å². The summed E-state index contributed by atoms with van der Waals surface area (Å²) in [6.07, 6.45) is -3.80. The molecule has 7 amide bonds.